The van der Waals surface area contributed by atoms with Crippen LogP contribution in [-0.4, -0.2) is 27.4 Å². The Morgan fingerprint density at radius 2 is 2.21 bits per heavy atom. The van der Waals surface area contributed by atoms with Gasteiger partial charge < -0.3 is 14.6 Å². The van der Waals surface area contributed by atoms with E-state index in [4.69, 9.17) is 4.42 Å². The second-order valence-electron chi connectivity index (χ2n) is 6.54. The summed E-state index contributed by atoms with van der Waals surface area (Å²) in [4.78, 5) is 23.0. The summed E-state index contributed by atoms with van der Waals surface area (Å²) >= 11 is 0. The summed E-state index contributed by atoms with van der Waals surface area (Å²) in [5.74, 6) is 3.03. The number of amides is 2. The molecule has 1 saturated heterocycles. The molecule has 0 aliphatic carbocycles. The molecular weight excluding hydrogens is 304 g/mol. The minimum atomic E-state index is -0.0720. The summed E-state index contributed by atoms with van der Waals surface area (Å²) in [6.07, 6.45) is 3.64. The van der Waals surface area contributed by atoms with Crippen LogP contribution in [-0.2, 0) is 6.54 Å². The van der Waals surface area contributed by atoms with Gasteiger partial charge in [-0.25, -0.2) is 14.8 Å². The zero-order valence-corrected chi connectivity index (χ0v) is 14.5. The number of aryl methyl sites for hydroxylation is 2. The van der Waals surface area contributed by atoms with Crippen molar-refractivity contribution in [3.8, 4) is 0 Å². The average Bonchev–Trinajstić information content (AvgIpc) is 2.99. The molecule has 3 rings (SSSR count). The summed E-state index contributed by atoms with van der Waals surface area (Å²) in [6, 6.07) is 5.67. The molecule has 0 aromatic carbocycles. The van der Waals surface area contributed by atoms with Crippen molar-refractivity contribution in [2.24, 2.45) is 5.92 Å². The van der Waals surface area contributed by atoms with Gasteiger partial charge in [-0.2, -0.15) is 0 Å². The Labute approximate surface area is 142 Å². The molecule has 24 heavy (non-hydrogen) atoms. The molecule has 2 aromatic heterocycles. The molecule has 2 atom stereocenters. The lowest BCUT2D eigenvalue weighted by Crippen LogP contribution is -2.45. The van der Waals surface area contributed by atoms with E-state index in [0.717, 1.165) is 36.6 Å². The molecule has 0 unspecified atom stereocenters. The van der Waals surface area contributed by atoms with Gasteiger partial charge in [0.2, 0.25) is 0 Å². The SMILES string of the molecule is Cc1nccc(CNC(=O)N2CC[C@H](C)C[C@@H]2c2ccc(C)o2)n1. The van der Waals surface area contributed by atoms with Crippen molar-refractivity contribution >= 4 is 6.03 Å². The Kier molecular flexibility index (Phi) is 4.83. The summed E-state index contributed by atoms with van der Waals surface area (Å²) in [6.45, 7) is 7.13. The maximum atomic E-state index is 12.7. The molecule has 0 saturated carbocycles. The predicted octanol–water partition coefficient (Wildman–Crippen LogP) is 3.37. The number of carbonyl (C=O) groups is 1. The standard InChI is InChI=1S/C18H24N4O2/c1-12-7-9-22(16(10-12)17-5-4-13(2)24-17)18(23)20-11-15-6-8-19-14(3)21-15/h4-6,8,12,16H,7,9-11H2,1-3H3,(H,20,23)/t12-,16+/m0/s1. The van der Waals surface area contributed by atoms with E-state index in [1.807, 2.05) is 36.9 Å². The van der Waals surface area contributed by atoms with Gasteiger partial charge in [0.05, 0.1) is 18.3 Å². The van der Waals surface area contributed by atoms with E-state index in [2.05, 4.69) is 22.2 Å². The van der Waals surface area contributed by atoms with Crippen LogP contribution in [0.1, 0.15) is 48.8 Å². The molecule has 1 N–H and O–H groups in total. The topological polar surface area (TPSA) is 71.3 Å². The van der Waals surface area contributed by atoms with Crippen LogP contribution in [0.3, 0.4) is 0 Å². The maximum Gasteiger partial charge on any atom is 0.318 e. The third-order valence-corrected chi connectivity index (χ3v) is 4.47. The quantitative estimate of drug-likeness (QED) is 0.937. The number of nitrogens with one attached hydrogen (secondary N) is 1. The number of piperidine rings is 1. The first-order valence-electron chi connectivity index (χ1n) is 8.42. The van der Waals surface area contributed by atoms with Gasteiger partial charge in [0.1, 0.15) is 17.3 Å². The van der Waals surface area contributed by atoms with Gasteiger partial charge in [-0.15, -0.1) is 0 Å². The minimum absolute atomic E-state index is 0.00501. The number of rotatable bonds is 3. The number of aromatic nitrogens is 2. The largest absolute Gasteiger partial charge is 0.464 e. The lowest BCUT2D eigenvalue weighted by molar-refractivity contribution is 0.119. The molecule has 6 heteroatoms. The molecule has 2 aromatic rings. The number of furan rings is 1. The van der Waals surface area contributed by atoms with Crippen molar-refractivity contribution in [1.29, 1.82) is 0 Å². The first kappa shape index (κ1) is 16.5. The summed E-state index contributed by atoms with van der Waals surface area (Å²) < 4.78 is 5.79. The van der Waals surface area contributed by atoms with Crippen LogP contribution in [0.15, 0.2) is 28.8 Å². The van der Waals surface area contributed by atoms with Crippen LogP contribution in [0.5, 0.6) is 0 Å². The van der Waals surface area contributed by atoms with Crippen molar-refractivity contribution in [3.63, 3.8) is 0 Å². The van der Waals surface area contributed by atoms with E-state index >= 15 is 0 Å². The van der Waals surface area contributed by atoms with Crippen molar-refractivity contribution < 1.29 is 9.21 Å². The normalized spacial score (nSPS) is 20.9. The molecule has 128 valence electrons. The highest BCUT2D eigenvalue weighted by Crippen LogP contribution is 2.34. The van der Waals surface area contributed by atoms with E-state index < -0.39 is 0 Å². The Morgan fingerprint density at radius 3 is 2.92 bits per heavy atom. The predicted molar refractivity (Wildman–Crippen MR) is 90.3 cm³/mol. The Morgan fingerprint density at radius 1 is 1.38 bits per heavy atom. The van der Waals surface area contributed by atoms with E-state index in [1.54, 1.807) is 6.20 Å². The van der Waals surface area contributed by atoms with E-state index in [1.165, 1.54) is 0 Å². The lowest BCUT2D eigenvalue weighted by atomic mass is 9.91. The van der Waals surface area contributed by atoms with Gasteiger partial charge in [-0.05, 0) is 50.8 Å². The number of carbonyl (C=O) groups excluding carboxylic acids is 1. The first-order chi connectivity index (χ1) is 11.5. The molecule has 6 nitrogen and oxygen atoms in total. The Balaban J connectivity index is 1.69. The molecule has 0 spiro atoms. The molecule has 2 amide bonds. The van der Waals surface area contributed by atoms with Gasteiger partial charge in [0.15, 0.2) is 0 Å². The number of urea groups is 1. The molecule has 0 radical (unpaired) electrons. The molecule has 1 aliphatic heterocycles. The molecule has 1 fully saturated rings. The molecular formula is C18H24N4O2. The van der Waals surface area contributed by atoms with Crippen LogP contribution in [0.2, 0.25) is 0 Å². The summed E-state index contributed by atoms with van der Waals surface area (Å²) in [7, 11) is 0. The zero-order valence-electron chi connectivity index (χ0n) is 14.5. The van der Waals surface area contributed by atoms with Gasteiger partial charge in [-0.3, -0.25) is 0 Å². The van der Waals surface area contributed by atoms with Crippen molar-refractivity contribution in [1.82, 2.24) is 20.2 Å². The highest BCUT2D eigenvalue weighted by atomic mass is 16.3. The number of nitrogens with zero attached hydrogens (tertiary/aromatic N) is 3. The average molecular weight is 328 g/mol. The maximum absolute atomic E-state index is 12.7. The Hall–Kier alpha value is -2.37. The van der Waals surface area contributed by atoms with Crippen molar-refractivity contribution in [2.75, 3.05) is 6.54 Å². The van der Waals surface area contributed by atoms with Crippen LogP contribution < -0.4 is 5.32 Å². The number of hydrogen-bond donors (Lipinski definition) is 1. The number of likely N-dealkylation sites (tertiary alicyclic amines) is 1. The summed E-state index contributed by atoms with van der Waals surface area (Å²) in [5, 5.41) is 2.97. The van der Waals surface area contributed by atoms with E-state index in [-0.39, 0.29) is 12.1 Å². The minimum Gasteiger partial charge on any atom is -0.464 e. The second-order valence-corrected chi connectivity index (χ2v) is 6.54. The third-order valence-electron chi connectivity index (χ3n) is 4.47. The number of hydrogen-bond acceptors (Lipinski definition) is 4. The molecule has 3 heterocycles. The third kappa shape index (κ3) is 3.75. The molecule has 1 aliphatic rings. The van der Waals surface area contributed by atoms with Gasteiger partial charge in [-0.1, -0.05) is 6.92 Å². The highest BCUT2D eigenvalue weighted by Gasteiger charge is 2.32. The smallest absolute Gasteiger partial charge is 0.318 e. The fourth-order valence-electron chi connectivity index (χ4n) is 3.16. The van der Waals surface area contributed by atoms with Crippen LogP contribution >= 0.6 is 0 Å². The first-order valence-corrected chi connectivity index (χ1v) is 8.42. The van der Waals surface area contributed by atoms with E-state index in [0.29, 0.717) is 18.3 Å². The van der Waals surface area contributed by atoms with Crippen molar-refractivity contribution in [3.05, 3.63) is 47.4 Å². The monoisotopic (exact) mass is 328 g/mol. The summed E-state index contributed by atoms with van der Waals surface area (Å²) in [5.41, 5.74) is 0.812. The van der Waals surface area contributed by atoms with Crippen LogP contribution in [0.4, 0.5) is 4.79 Å². The van der Waals surface area contributed by atoms with Gasteiger partial charge in [0, 0.05) is 12.7 Å². The fourth-order valence-corrected chi connectivity index (χ4v) is 3.16. The second kappa shape index (κ2) is 7.03. The van der Waals surface area contributed by atoms with Crippen LogP contribution in [0, 0.1) is 19.8 Å². The van der Waals surface area contributed by atoms with Gasteiger partial charge >= 0.3 is 6.03 Å². The lowest BCUT2D eigenvalue weighted by Gasteiger charge is -2.37. The molecule has 0 bridgehead atoms. The Bertz CT molecular complexity index is 713. The fraction of sp³-hybridized carbons (Fsp3) is 0.500. The van der Waals surface area contributed by atoms with Crippen molar-refractivity contribution in [2.45, 2.75) is 46.2 Å². The zero-order chi connectivity index (χ0) is 17.1. The van der Waals surface area contributed by atoms with Gasteiger partial charge in [0.25, 0.3) is 0 Å². The van der Waals surface area contributed by atoms with E-state index in [9.17, 15) is 4.79 Å². The highest BCUT2D eigenvalue weighted by molar-refractivity contribution is 5.74. The van der Waals surface area contributed by atoms with Crippen LogP contribution in [0.25, 0.3) is 0 Å².